The molecule has 0 heterocycles. The molecule has 0 atom stereocenters. The smallest absolute Gasteiger partial charge is 0.0482 e. The highest BCUT2D eigenvalue weighted by Crippen LogP contribution is 2.03. The lowest BCUT2D eigenvalue weighted by Crippen LogP contribution is -2.19. The molecule has 2 heteroatoms. The lowest BCUT2D eigenvalue weighted by molar-refractivity contribution is 0.126. The van der Waals surface area contributed by atoms with E-state index >= 15 is 0 Å². The summed E-state index contributed by atoms with van der Waals surface area (Å²) in [6.45, 7) is 15.5. The Labute approximate surface area is 101 Å². The molecule has 0 radical (unpaired) electrons. The third kappa shape index (κ3) is 10.0. The predicted molar refractivity (Wildman–Crippen MR) is 71.5 cm³/mol. The van der Waals surface area contributed by atoms with Crippen LogP contribution in [0.25, 0.3) is 0 Å². The summed E-state index contributed by atoms with van der Waals surface area (Å²) in [7, 11) is 0. The summed E-state index contributed by atoms with van der Waals surface area (Å²) in [5.74, 6) is 1.31. The van der Waals surface area contributed by atoms with Crippen LogP contribution >= 0.6 is 0 Å². The molecule has 0 saturated heterocycles. The predicted octanol–water partition coefficient (Wildman–Crippen LogP) is 3.59. The van der Waals surface area contributed by atoms with Gasteiger partial charge >= 0.3 is 0 Å². The SMILES string of the molecule is C=C(NCCCOCCCC(C)C)C(C)C. The van der Waals surface area contributed by atoms with E-state index in [9.17, 15) is 0 Å². The van der Waals surface area contributed by atoms with E-state index in [0.29, 0.717) is 5.92 Å². The highest BCUT2D eigenvalue weighted by Gasteiger charge is 1.98. The Kier molecular flexibility index (Phi) is 9.40. The molecule has 0 aromatic rings. The zero-order valence-electron chi connectivity index (χ0n) is 11.5. The van der Waals surface area contributed by atoms with Crippen LogP contribution in [0.5, 0.6) is 0 Å². The maximum absolute atomic E-state index is 5.56. The summed E-state index contributed by atoms with van der Waals surface area (Å²) < 4.78 is 5.56. The van der Waals surface area contributed by atoms with Crippen LogP contribution in [0.2, 0.25) is 0 Å². The Hall–Kier alpha value is -0.500. The molecule has 0 aromatic carbocycles. The number of allylic oxidation sites excluding steroid dienone is 1. The van der Waals surface area contributed by atoms with Crippen molar-refractivity contribution in [3.05, 3.63) is 12.3 Å². The zero-order chi connectivity index (χ0) is 12.4. The molecule has 0 saturated carbocycles. The molecule has 0 aromatic heterocycles. The van der Waals surface area contributed by atoms with Crippen molar-refractivity contribution in [2.75, 3.05) is 19.8 Å². The maximum Gasteiger partial charge on any atom is 0.0482 e. The topological polar surface area (TPSA) is 21.3 Å². The summed E-state index contributed by atoms with van der Waals surface area (Å²) in [5.41, 5.74) is 1.12. The van der Waals surface area contributed by atoms with Crippen LogP contribution in [0.1, 0.15) is 47.0 Å². The molecule has 0 bridgehead atoms. The summed E-state index contributed by atoms with van der Waals surface area (Å²) in [4.78, 5) is 0. The van der Waals surface area contributed by atoms with Crippen LogP contribution in [0.3, 0.4) is 0 Å². The molecule has 0 spiro atoms. The third-order valence-corrected chi connectivity index (χ3v) is 2.58. The molecule has 0 rings (SSSR count). The van der Waals surface area contributed by atoms with Crippen molar-refractivity contribution in [1.82, 2.24) is 5.32 Å². The minimum atomic E-state index is 0.520. The van der Waals surface area contributed by atoms with Gasteiger partial charge in [0, 0.05) is 25.5 Å². The standard InChI is InChI=1S/C14H29NO/c1-12(2)8-6-10-16-11-7-9-15-14(5)13(3)4/h12-13,15H,5-11H2,1-4H3. The van der Waals surface area contributed by atoms with E-state index in [4.69, 9.17) is 4.74 Å². The number of hydrogen-bond acceptors (Lipinski definition) is 2. The van der Waals surface area contributed by atoms with Gasteiger partial charge in [0.1, 0.15) is 0 Å². The van der Waals surface area contributed by atoms with Crippen molar-refractivity contribution in [3.63, 3.8) is 0 Å². The Morgan fingerprint density at radius 3 is 2.31 bits per heavy atom. The number of rotatable bonds is 10. The summed E-state index contributed by atoms with van der Waals surface area (Å²) >= 11 is 0. The normalized spacial score (nSPS) is 11.1. The van der Waals surface area contributed by atoms with E-state index in [0.717, 1.165) is 37.8 Å². The zero-order valence-corrected chi connectivity index (χ0v) is 11.5. The largest absolute Gasteiger partial charge is 0.389 e. The van der Waals surface area contributed by atoms with Crippen molar-refractivity contribution in [3.8, 4) is 0 Å². The first-order chi connectivity index (χ1) is 7.54. The average molecular weight is 227 g/mol. The van der Waals surface area contributed by atoms with E-state index < -0.39 is 0 Å². The molecule has 0 fully saturated rings. The Balaban J connectivity index is 3.13. The van der Waals surface area contributed by atoms with E-state index in [2.05, 4.69) is 39.6 Å². The molecule has 16 heavy (non-hydrogen) atoms. The maximum atomic E-state index is 5.56. The molecule has 96 valence electrons. The number of hydrogen-bond donors (Lipinski definition) is 1. The molecular formula is C14H29NO. The van der Waals surface area contributed by atoms with Crippen LogP contribution in [0.4, 0.5) is 0 Å². The highest BCUT2D eigenvalue weighted by molar-refractivity contribution is 4.93. The van der Waals surface area contributed by atoms with E-state index in [1.54, 1.807) is 0 Å². The summed E-state index contributed by atoms with van der Waals surface area (Å²) in [6, 6.07) is 0. The van der Waals surface area contributed by atoms with Gasteiger partial charge < -0.3 is 10.1 Å². The second kappa shape index (κ2) is 9.71. The molecule has 0 aliphatic rings. The van der Waals surface area contributed by atoms with Gasteiger partial charge in [0.2, 0.25) is 0 Å². The minimum absolute atomic E-state index is 0.520. The van der Waals surface area contributed by atoms with Crippen molar-refractivity contribution < 1.29 is 4.74 Å². The molecule has 2 nitrogen and oxygen atoms in total. The van der Waals surface area contributed by atoms with Gasteiger partial charge in [-0.25, -0.2) is 0 Å². The number of ether oxygens (including phenoxy) is 1. The molecule has 0 amide bonds. The van der Waals surface area contributed by atoms with Gasteiger partial charge in [-0.05, 0) is 31.1 Å². The molecule has 1 N–H and O–H groups in total. The van der Waals surface area contributed by atoms with Crippen LogP contribution in [-0.4, -0.2) is 19.8 Å². The summed E-state index contributed by atoms with van der Waals surface area (Å²) in [5, 5.41) is 3.32. The molecule has 0 unspecified atom stereocenters. The second-order valence-corrected chi connectivity index (χ2v) is 5.11. The van der Waals surface area contributed by atoms with Gasteiger partial charge in [-0.15, -0.1) is 0 Å². The van der Waals surface area contributed by atoms with Crippen LogP contribution in [-0.2, 0) is 4.74 Å². The fraction of sp³-hybridized carbons (Fsp3) is 0.857. The average Bonchev–Trinajstić information content (AvgIpc) is 2.21. The Bertz CT molecular complexity index is 176. The lowest BCUT2D eigenvalue weighted by atomic mass is 10.1. The van der Waals surface area contributed by atoms with Crippen molar-refractivity contribution in [2.24, 2.45) is 11.8 Å². The van der Waals surface area contributed by atoms with Crippen LogP contribution in [0.15, 0.2) is 12.3 Å². The van der Waals surface area contributed by atoms with Crippen molar-refractivity contribution >= 4 is 0 Å². The third-order valence-electron chi connectivity index (χ3n) is 2.58. The minimum Gasteiger partial charge on any atom is -0.389 e. The first-order valence-electron chi connectivity index (χ1n) is 6.54. The fourth-order valence-corrected chi connectivity index (χ4v) is 1.32. The fourth-order valence-electron chi connectivity index (χ4n) is 1.32. The Morgan fingerprint density at radius 1 is 1.12 bits per heavy atom. The first kappa shape index (κ1) is 15.5. The van der Waals surface area contributed by atoms with Gasteiger partial charge in [-0.3, -0.25) is 0 Å². The van der Waals surface area contributed by atoms with E-state index in [-0.39, 0.29) is 0 Å². The monoisotopic (exact) mass is 227 g/mol. The molecule has 0 aliphatic heterocycles. The van der Waals surface area contributed by atoms with E-state index in [1.165, 1.54) is 12.8 Å². The van der Waals surface area contributed by atoms with Crippen LogP contribution < -0.4 is 5.32 Å². The van der Waals surface area contributed by atoms with Gasteiger partial charge in [-0.1, -0.05) is 34.3 Å². The van der Waals surface area contributed by atoms with Crippen molar-refractivity contribution in [1.29, 1.82) is 0 Å². The number of nitrogens with one attached hydrogen (secondary N) is 1. The first-order valence-corrected chi connectivity index (χ1v) is 6.54. The van der Waals surface area contributed by atoms with Crippen LogP contribution in [0, 0.1) is 11.8 Å². The highest BCUT2D eigenvalue weighted by atomic mass is 16.5. The molecular weight excluding hydrogens is 198 g/mol. The van der Waals surface area contributed by atoms with Gasteiger partial charge in [0.15, 0.2) is 0 Å². The Morgan fingerprint density at radius 2 is 1.75 bits per heavy atom. The lowest BCUT2D eigenvalue weighted by Gasteiger charge is -2.12. The van der Waals surface area contributed by atoms with Gasteiger partial charge in [-0.2, -0.15) is 0 Å². The summed E-state index contributed by atoms with van der Waals surface area (Å²) in [6.07, 6.45) is 3.51. The quantitative estimate of drug-likeness (QED) is 0.576. The molecule has 0 aliphatic carbocycles. The second-order valence-electron chi connectivity index (χ2n) is 5.11. The van der Waals surface area contributed by atoms with Gasteiger partial charge in [0.05, 0.1) is 0 Å². The van der Waals surface area contributed by atoms with E-state index in [1.807, 2.05) is 0 Å². The van der Waals surface area contributed by atoms with Crippen molar-refractivity contribution in [2.45, 2.75) is 47.0 Å². The van der Waals surface area contributed by atoms with Gasteiger partial charge in [0.25, 0.3) is 0 Å².